The lowest BCUT2D eigenvalue weighted by atomic mass is 10.00. The highest BCUT2D eigenvalue weighted by Gasteiger charge is 2.15. The van der Waals surface area contributed by atoms with Crippen molar-refractivity contribution in [2.75, 3.05) is 19.6 Å². The van der Waals surface area contributed by atoms with Crippen LogP contribution >= 0.6 is 0 Å². The highest BCUT2D eigenvalue weighted by Crippen LogP contribution is 2.17. The first-order valence-corrected chi connectivity index (χ1v) is 8.01. The summed E-state index contributed by atoms with van der Waals surface area (Å²) in [6.45, 7) is 4.04. The van der Waals surface area contributed by atoms with Gasteiger partial charge in [0.2, 0.25) is 0 Å². The zero-order valence-electron chi connectivity index (χ0n) is 13.2. The van der Waals surface area contributed by atoms with Crippen LogP contribution in [0.15, 0.2) is 48.8 Å². The molecule has 2 amide bonds. The van der Waals surface area contributed by atoms with E-state index in [0.717, 1.165) is 31.6 Å². The molecule has 0 bridgehead atoms. The van der Waals surface area contributed by atoms with Gasteiger partial charge in [0.1, 0.15) is 0 Å². The third kappa shape index (κ3) is 4.53. The first-order valence-electron chi connectivity index (χ1n) is 8.01. The van der Waals surface area contributed by atoms with Crippen LogP contribution in [0.2, 0.25) is 0 Å². The average molecular weight is 310 g/mol. The number of fused-ring (bicyclic) bond motifs is 1. The highest BCUT2D eigenvalue weighted by atomic mass is 16.2. The fourth-order valence-electron chi connectivity index (χ4n) is 2.82. The molecule has 1 aliphatic heterocycles. The third-order valence-electron chi connectivity index (χ3n) is 4.10. The van der Waals surface area contributed by atoms with Crippen molar-refractivity contribution < 1.29 is 4.79 Å². The van der Waals surface area contributed by atoms with Gasteiger partial charge in [0.05, 0.1) is 0 Å². The van der Waals surface area contributed by atoms with Crippen LogP contribution in [0.3, 0.4) is 0 Å². The van der Waals surface area contributed by atoms with Crippen molar-refractivity contribution in [2.24, 2.45) is 0 Å². The van der Waals surface area contributed by atoms with Crippen LogP contribution in [0.1, 0.15) is 16.7 Å². The number of pyridine rings is 1. The second-order valence-electron chi connectivity index (χ2n) is 5.77. The van der Waals surface area contributed by atoms with E-state index in [9.17, 15) is 4.79 Å². The van der Waals surface area contributed by atoms with Crippen LogP contribution in [0.5, 0.6) is 0 Å². The number of amides is 2. The maximum Gasteiger partial charge on any atom is 0.315 e. The molecule has 0 radical (unpaired) electrons. The van der Waals surface area contributed by atoms with Gasteiger partial charge in [-0.3, -0.25) is 9.88 Å². The number of benzene rings is 1. The van der Waals surface area contributed by atoms with Gasteiger partial charge >= 0.3 is 6.03 Å². The Hall–Kier alpha value is -2.40. The normalized spacial score (nSPS) is 14.1. The average Bonchev–Trinajstić information content (AvgIpc) is 2.61. The number of aromatic nitrogens is 1. The Morgan fingerprint density at radius 1 is 1.13 bits per heavy atom. The lowest BCUT2D eigenvalue weighted by Crippen LogP contribution is -2.41. The lowest BCUT2D eigenvalue weighted by Gasteiger charge is -2.28. The number of carbonyl (C=O) groups excluding carboxylic acids is 1. The maximum absolute atomic E-state index is 11.8. The Labute approximate surface area is 136 Å². The Morgan fingerprint density at radius 2 is 2.00 bits per heavy atom. The molecule has 0 saturated carbocycles. The van der Waals surface area contributed by atoms with E-state index in [1.165, 1.54) is 11.1 Å². The summed E-state index contributed by atoms with van der Waals surface area (Å²) in [5, 5.41) is 5.76. The van der Waals surface area contributed by atoms with E-state index < -0.39 is 0 Å². The molecule has 120 valence electrons. The standard InChI is InChI=1S/C18H22N4O/c23-18(21-13-15-4-3-8-19-12-15)20-9-11-22-10-7-16-5-1-2-6-17(16)14-22/h1-6,8,12H,7,9-11,13-14H2,(H2,20,21,23). The van der Waals surface area contributed by atoms with Crippen molar-refractivity contribution in [2.45, 2.75) is 19.5 Å². The fourth-order valence-corrected chi connectivity index (χ4v) is 2.82. The number of urea groups is 1. The lowest BCUT2D eigenvalue weighted by molar-refractivity contribution is 0.230. The van der Waals surface area contributed by atoms with Crippen molar-refractivity contribution in [1.82, 2.24) is 20.5 Å². The first kappa shape index (κ1) is 15.5. The summed E-state index contributed by atoms with van der Waals surface area (Å²) in [5.41, 5.74) is 3.85. The van der Waals surface area contributed by atoms with E-state index in [4.69, 9.17) is 0 Å². The van der Waals surface area contributed by atoms with Gasteiger partial charge in [-0.25, -0.2) is 4.79 Å². The summed E-state index contributed by atoms with van der Waals surface area (Å²) in [6, 6.07) is 12.3. The van der Waals surface area contributed by atoms with E-state index in [2.05, 4.69) is 44.8 Å². The molecule has 0 aliphatic carbocycles. The predicted molar refractivity (Wildman–Crippen MR) is 89.9 cm³/mol. The fraction of sp³-hybridized carbons (Fsp3) is 0.333. The van der Waals surface area contributed by atoms with E-state index in [1.807, 2.05) is 12.1 Å². The van der Waals surface area contributed by atoms with E-state index in [1.54, 1.807) is 12.4 Å². The molecular weight excluding hydrogens is 288 g/mol. The van der Waals surface area contributed by atoms with Crippen LogP contribution in [0, 0.1) is 0 Å². The van der Waals surface area contributed by atoms with Crippen LogP contribution in [-0.2, 0) is 19.5 Å². The number of nitrogens with one attached hydrogen (secondary N) is 2. The van der Waals surface area contributed by atoms with Crippen molar-refractivity contribution in [1.29, 1.82) is 0 Å². The molecule has 0 unspecified atom stereocenters. The molecule has 2 N–H and O–H groups in total. The molecular formula is C18H22N4O. The molecule has 0 atom stereocenters. The zero-order valence-corrected chi connectivity index (χ0v) is 13.2. The van der Waals surface area contributed by atoms with Crippen LogP contribution in [-0.4, -0.2) is 35.5 Å². The molecule has 2 aromatic rings. The number of carbonyl (C=O) groups is 1. The molecule has 0 spiro atoms. The Balaban J connectivity index is 1.36. The Kier molecular flexibility index (Phi) is 5.21. The van der Waals surface area contributed by atoms with Crippen molar-refractivity contribution in [3.8, 4) is 0 Å². The quantitative estimate of drug-likeness (QED) is 0.887. The van der Waals surface area contributed by atoms with Gasteiger partial charge in [0.25, 0.3) is 0 Å². The van der Waals surface area contributed by atoms with E-state index in [0.29, 0.717) is 13.1 Å². The molecule has 5 nitrogen and oxygen atoms in total. The molecule has 3 rings (SSSR count). The largest absolute Gasteiger partial charge is 0.337 e. The monoisotopic (exact) mass is 310 g/mol. The molecule has 0 fully saturated rings. The molecule has 0 saturated heterocycles. The molecule has 23 heavy (non-hydrogen) atoms. The summed E-state index contributed by atoms with van der Waals surface area (Å²) in [7, 11) is 0. The first-order chi connectivity index (χ1) is 11.3. The van der Waals surface area contributed by atoms with Gasteiger partial charge in [-0.2, -0.15) is 0 Å². The summed E-state index contributed by atoms with van der Waals surface area (Å²) in [5.74, 6) is 0. The van der Waals surface area contributed by atoms with E-state index in [-0.39, 0.29) is 6.03 Å². The number of hydrogen-bond acceptors (Lipinski definition) is 3. The maximum atomic E-state index is 11.8. The Bertz CT molecular complexity index is 644. The smallest absolute Gasteiger partial charge is 0.315 e. The second kappa shape index (κ2) is 7.74. The summed E-state index contributed by atoms with van der Waals surface area (Å²) < 4.78 is 0. The molecule has 5 heteroatoms. The SMILES string of the molecule is O=C(NCCN1CCc2ccccc2C1)NCc1cccnc1. The summed E-state index contributed by atoms with van der Waals surface area (Å²) in [4.78, 5) is 18.2. The molecule has 1 aromatic heterocycles. The van der Waals surface area contributed by atoms with E-state index >= 15 is 0 Å². The summed E-state index contributed by atoms with van der Waals surface area (Å²) in [6.07, 6.45) is 4.56. The van der Waals surface area contributed by atoms with Crippen molar-refractivity contribution in [3.05, 3.63) is 65.5 Å². The highest BCUT2D eigenvalue weighted by molar-refractivity contribution is 5.73. The Morgan fingerprint density at radius 3 is 2.83 bits per heavy atom. The minimum Gasteiger partial charge on any atom is -0.337 e. The van der Waals surface area contributed by atoms with Gasteiger partial charge in [0.15, 0.2) is 0 Å². The van der Waals surface area contributed by atoms with Crippen LogP contribution < -0.4 is 10.6 Å². The predicted octanol–water partition coefficient (Wildman–Crippen LogP) is 1.94. The van der Waals surface area contributed by atoms with Gasteiger partial charge in [-0.05, 0) is 29.2 Å². The summed E-state index contributed by atoms with van der Waals surface area (Å²) >= 11 is 0. The van der Waals surface area contributed by atoms with Gasteiger partial charge in [-0.1, -0.05) is 30.3 Å². The molecule has 1 aliphatic rings. The number of rotatable bonds is 5. The molecule has 2 heterocycles. The van der Waals surface area contributed by atoms with Gasteiger partial charge in [0, 0.05) is 45.1 Å². The van der Waals surface area contributed by atoms with Gasteiger partial charge in [-0.15, -0.1) is 0 Å². The third-order valence-corrected chi connectivity index (χ3v) is 4.10. The van der Waals surface area contributed by atoms with Crippen LogP contribution in [0.4, 0.5) is 4.79 Å². The molecule has 1 aromatic carbocycles. The minimum absolute atomic E-state index is 0.133. The minimum atomic E-state index is -0.133. The number of nitrogens with zero attached hydrogens (tertiary/aromatic N) is 2. The van der Waals surface area contributed by atoms with Gasteiger partial charge < -0.3 is 10.6 Å². The second-order valence-corrected chi connectivity index (χ2v) is 5.77. The number of hydrogen-bond donors (Lipinski definition) is 2. The van der Waals surface area contributed by atoms with Crippen molar-refractivity contribution >= 4 is 6.03 Å². The zero-order chi connectivity index (χ0) is 15.9. The van der Waals surface area contributed by atoms with Crippen LogP contribution in [0.25, 0.3) is 0 Å². The van der Waals surface area contributed by atoms with Crippen molar-refractivity contribution in [3.63, 3.8) is 0 Å². The topological polar surface area (TPSA) is 57.3 Å².